The third-order valence-corrected chi connectivity index (χ3v) is 5.19. The Kier molecular flexibility index (Phi) is 6.30. The Morgan fingerprint density at radius 2 is 2.06 bits per heavy atom. The van der Waals surface area contributed by atoms with Crippen LogP contribution in [0, 0.1) is 6.92 Å². The minimum absolute atomic E-state index is 0.235. The molecule has 4 aromatic rings. The van der Waals surface area contributed by atoms with Crippen molar-refractivity contribution in [2.75, 3.05) is 19.0 Å². The van der Waals surface area contributed by atoms with Crippen molar-refractivity contribution in [2.24, 2.45) is 0 Å². The van der Waals surface area contributed by atoms with Gasteiger partial charge in [-0.3, -0.25) is 9.78 Å². The number of hydrogen-bond acceptors (Lipinski definition) is 6. The van der Waals surface area contributed by atoms with E-state index in [1.165, 1.54) is 0 Å². The molecule has 0 radical (unpaired) electrons. The largest absolute Gasteiger partial charge is 0.497 e. The summed E-state index contributed by atoms with van der Waals surface area (Å²) >= 11 is 0. The van der Waals surface area contributed by atoms with Gasteiger partial charge >= 0.3 is 0 Å². The maximum absolute atomic E-state index is 13.1. The minimum atomic E-state index is -0.371. The zero-order chi connectivity index (χ0) is 22.5. The van der Waals surface area contributed by atoms with Crippen LogP contribution in [0.1, 0.15) is 35.9 Å². The molecule has 8 nitrogen and oxygen atoms in total. The molecule has 0 bridgehead atoms. The molecule has 1 N–H and O–H groups in total. The van der Waals surface area contributed by atoms with Gasteiger partial charge in [-0.15, -0.1) is 5.10 Å². The van der Waals surface area contributed by atoms with Crippen LogP contribution in [0.25, 0.3) is 16.5 Å². The number of pyridine rings is 1. The maximum atomic E-state index is 13.1. The standard InChI is InChI=1S/C24H25N5O3/c1-4-5-13-32-22-10-9-18(31-3)14-20(22)26-24(30)23-16(2)29(28-27-23)21-8-6-7-17-15-25-12-11-19(17)21/h6-12,14-15H,4-5,13H2,1-3H3,(H,26,30). The Balaban J connectivity index is 1.64. The molecule has 0 saturated heterocycles. The fraction of sp³-hybridized carbons (Fsp3) is 0.250. The lowest BCUT2D eigenvalue weighted by molar-refractivity contribution is 0.102. The number of nitrogens with one attached hydrogen (secondary N) is 1. The lowest BCUT2D eigenvalue weighted by Gasteiger charge is -2.13. The number of methoxy groups -OCH3 is 1. The number of benzene rings is 2. The maximum Gasteiger partial charge on any atom is 0.278 e. The van der Waals surface area contributed by atoms with Gasteiger partial charge in [0.2, 0.25) is 0 Å². The van der Waals surface area contributed by atoms with E-state index < -0.39 is 0 Å². The number of carbonyl (C=O) groups is 1. The van der Waals surface area contributed by atoms with Gasteiger partial charge in [-0.2, -0.15) is 0 Å². The van der Waals surface area contributed by atoms with Crippen LogP contribution in [0.15, 0.2) is 54.9 Å². The van der Waals surface area contributed by atoms with Crippen molar-refractivity contribution in [3.8, 4) is 17.2 Å². The summed E-state index contributed by atoms with van der Waals surface area (Å²) in [6.07, 6.45) is 5.47. The van der Waals surface area contributed by atoms with Crippen LogP contribution in [0.5, 0.6) is 11.5 Å². The fourth-order valence-electron chi connectivity index (χ4n) is 3.43. The number of aromatic nitrogens is 4. The van der Waals surface area contributed by atoms with E-state index in [4.69, 9.17) is 9.47 Å². The van der Waals surface area contributed by atoms with E-state index in [1.807, 2.05) is 31.2 Å². The van der Waals surface area contributed by atoms with Crippen LogP contribution < -0.4 is 14.8 Å². The van der Waals surface area contributed by atoms with E-state index in [0.717, 1.165) is 29.3 Å². The molecule has 0 fully saturated rings. The number of anilines is 1. The first-order chi connectivity index (χ1) is 15.6. The van der Waals surface area contributed by atoms with Crippen molar-refractivity contribution >= 4 is 22.4 Å². The molecule has 4 rings (SSSR count). The van der Waals surface area contributed by atoms with E-state index in [9.17, 15) is 4.79 Å². The molecular weight excluding hydrogens is 406 g/mol. The highest BCUT2D eigenvalue weighted by molar-refractivity contribution is 6.04. The molecule has 0 aliphatic carbocycles. The van der Waals surface area contributed by atoms with E-state index in [-0.39, 0.29) is 11.6 Å². The summed E-state index contributed by atoms with van der Waals surface area (Å²) in [6, 6.07) is 13.1. The first-order valence-electron chi connectivity index (χ1n) is 10.5. The predicted octanol–water partition coefficient (Wildman–Crippen LogP) is 4.56. The highest BCUT2D eigenvalue weighted by Gasteiger charge is 2.20. The Bertz CT molecular complexity index is 1250. The van der Waals surface area contributed by atoms with Gasteiger partial charge in [0, 0.05) is 29.2 Å². The van der Waals surface area contributed by atoms with Gasteiger partial charge in [0.05, 0.1) is 30.8 Å². The van der Waals surface area contributed by atoms with Crippen LogP contribution in [0.2, 0.25) is 0 Å². The Morgan fingerprint density at radius 1 is 1.19 bits per heavy atom. The van der Waals surface area contributed by atoms with Crippen molar-refractivity contribution < 1.29 is 14.3 Å². The fourth-order valence-corrected chi connectivity index (χ4v) is 3.43. The van der Waals surface area contributed by atoms with E-state index >= 15 is 0 Å². The van der Waals surface area contributed by atoms with Crippen molar-refractivity contribution in [1.82, 2.24) is 20.0 Å². The smallest absolute Gasteiger partial charge is 0.278 e. The van der Waals surface area contributed by atoms with Gasteiger partial charge in [-0.1, -0.05) is 30.7 Å². The van der Waals surface area contributed by atoms with Crippen molar-refractivity contribution in [1.29, 1.82) is 0 Å². The Hall–Kier alpha value is -3.94. The van der Waals surface area contributed by atoms with E-state index in [2.05, 4.69) is 27.5 Å². The number of carbonyl (C=O) groups excluding carboxylic acids is 1. The molecule has 0 aliphatic heterocycles. The van der Waals surface area contributed by atoms with Crippen LogP contribution in [-0.4, -0.2) is 39.6 Å². The highest BCUT2D eigenvalue weighted by Crippen LogP contribution is 2.30. The minimum Gasteiger partial charge on any atom is -0.497 e. The Morgan fingerprint density at radius 3 is 2.88 bits per heavy atom. The molecule has 2 aromatic heterocycles. The van der Waals surface area contributed by atoms with Crippen LogP contribution >= 0.6 is 0 Å². The SMILES string of the molecule is CCCCOc1ccc(OC)cc1NC(=O)c1nnn(-c2cccc3cnccc23)c1C. The molecule has 0 spiro atoms. The number of amides is 1. The second kappa shape index (κ2) is 9.47. The lowest BCUT2D eigenvalue weighted by Crippen LogP contribution is -2.15. The van der Waals surface area contributed by atoms with Gasteiger partial charge in [0.25, 0.3) is 5.91 Å². The first-order valence-corrected chi connectivity index (χ1v) is 10.5. The molecule has 0 saturated carbocycles. The molecule has 2 heterocycles. The number of nitrogens with zero attached hydrogens (tertiary/aromatic N) is 4. The molecule has 0 unspecified atom stereocenters. The monoisotopic (exact) mass is 431 g/mol. The Labute approximate surface area is 186 Å². The van der Waals surface area contributed by atoms with E-state index in [0.29, 0.717) is 29.5 Å². The van der Waals surface area contributed by atoms with Crippen molar-refractivity contribution in [3.63, 3.8) is 0 Å². The highest BCUT2D eigenvalue weighted by atomic mass is 16.5. The van der Waals surface area contributed by atoms with Gasteiger partial charge in [-0.25, -0.2) is 4.68 Å². The summed E-state index contributed by atoms with van der Waals surface area (Å²) in [4.78, 5) is 17.3. The molecule has 0 atom stereocenters. The quantitative estimate of drug-likeness (QED) is 0.411. The summed E-state index contributed by atoms with van der Waals surface area (Å²) in [6.45, 7) is 4.48. The summed E-state index contributed by atoms with van der Waals surface area (Å²) in [7, 11) is 1.58. The number of hydrogen-bond donors (Lipinski definition) is 1. The first kappa shape index (κ1) is 21.3. The van der Waals surface area contributed by atoms with Gasteiger partial charge < -0.3 is 14.8 Å². The molecule has 1 amide bonds. The number of ether oxygens (including phenoxy) is 2. The molecule has 2 aromatic carbocycles. The predicted molar refractivity (Wildman–Crippen MR) is 123 cm³/mol. The van der Waals surface area contributed by atoms with Gasteiger partial charge in [0.1, 0.15) is 11.5 Å². The molecule has 164 valence electrons. The average molecular weight is 431 g/mol. The summed E-state index contributed by atoms with van der Waals surface area (Å²) in [5.74, 6) is 0.830. The van der Waals surface area contributed by atoms with E-state index in [1.54, 1.807) is 42.4 Å². The summed E-state index contributed by atoms with van der Waals surface area (Å²) < 4.78 is 12.8. The van der Waals surface area contributed by atoms with Crippen LogP contribution in [0.3, 0.4) is 0 Å². The third kappa shape index (κ3) is 4.25. The zero-order valence-electron chi connectivity index (χ0n) is 18.3. The lowest BCUT2D eigenvalue weighted by atomic mass is 10.1. The third-order valence-electron chi connectivity index (χ3n) is 5.19. The average Bonchev–Trinajstić information content (AvgIpc) is 3.20. The molecule has 0 aliphatic rings. The number of unbranched alkanes of at least 4 members (excludes halogenated alkanes) is 1. The van der Waals surface area contributed by atoms with Gasteiger partial charge in [0.15, 0.2) is 5.69 Å². The second-order valence-corrected chi connectivity index (χ2v) is 7.33. The molecule has 8 heteroatoms. The zero-order valence-corrected chi connectivity index (χ0v) is 18.3. The normalized spacial score (nSPS) is 10.8. The summed E-state index contributed by atoms with van der Waals surface area (Å²) in [5, 5.41) is 13.3. The van der Waals surface area contributed by atoms with Crippen molar-refractivity contribution in [2.45, 2.75) is 26.7 Å². The van der Waals surface area contributed by atoms with Crippen molar-refractivity contribution in [3.05, 3.63) is 66.2 Å². The molecular formula is C24H25N5O3. The number of rotatable bonds is 8. The van der Waals surface area contributed by atoms with Crippen LogP contribution in [0.4, 0.5) is 5.69 Å². The molecule has 32 heavy (non-hydrogen) atoms. The second-order valence-electron chi connectivity index (χ2n) is 7.33. The number of fused-ring (bicyclic) bond motifs is 1. The summed E-state index contributed by atoms with van der Waals surface area (Å²) in [5.41, 5.74) is 2.22. The van der Waals surface area contributed by atoms with Gasteiger partial charge in [-0.05, 0) is 37.6 Å². The topological polar surface area (TPSA) is 91.2 Å². The van der Waals surface area contributed by atoms with Crippen LogP contribution in [-0.2, 0) is 0 Å².